The summed E-state index contributed by atoms with van der Waals surface area (Å²) >= 11 is 0. The van der Waals surface area contributed by atoms with Crippen molar-refractivity contribution in [2.24, 2.45) is 5.92 Å². The Morgan fingerprint density at radius 2 is 2.10 bits per heavy atom. The van der Waals surface area contributed by atoms with Crippen LogP contribution in [0.3, 0.4) is 0 Å². The minimum absolute atomic E-state index is 0.0192. The highest BCUT2D eigenvalue weighted by atomic mass is 19.1. The summed E-state index contributed by atoms with van der Waals surface area (Å²) < 4.78 is 15.7. The number of nitrogens with zero attached hydrogens (tertiary/aromatic N) is 3. The van der Waals surface area contributed by atoms with Crippen LogP contribution < -0.4 is 5.22 Å². The number of aromatic hydroxyl groups is 1. The Morgan fingerprint density at radius 1 is 1.29 bits per heavy atom. The number of likely N-dealkylation sites (tertiary alicyclic amines) is 1. The van der Waals surface area contributed by atoms with Crippen LogP contribution in [-0.4, -0.2) is 49.6 Å². The van der Waals surface area contributed by atoms with Crippen LogP contribution in [0.1, 0.15) is 34.5 Å². The summed E-state index contributed by atoms with van der Waals surface area (Å²) in [7, 11) is 0. The van der Waals surface area contributed by atoms with E-state index in [0.29, 0.717) is 32.4 Å². The van der Waals surface area contributed by atoms with Crippen molar-refractivity contribution >= 4 is 17.5 Å². The van der Waals surface area contributed by atoms with Crippen molar-refractivity contribution in [3.05, 3.63) is 70.7 Å². The van der Waals surface area contributed by atoms with Gasteiger partial charge in [-0.3, -0.25) is 4.79 Å². The molecule has 0 radical (unpaired) electrons. The molecule has 3 aromatic rings. The van der Waals surface area contributed by atoms with Crippen LogP contribution in [0.5, 0.6) is 5.75 Å². The van der Waals surface area contributed by atoms with E-state index in [9.17, 15) is 19.4 Å². The van der Waals surface area contributed by atoms with Crippen molar-refractivity contribution in [2.75, 3.05) is 13.1 Å². The molecule has 2 aliphatic rings. The van der Waals surface area contributed by atoms with Crippen molar-refractivity contribution in [1.29, 1.82) is 0 Å². The first-order valence-electron chi connectivity index (χ1n) is 10.6. The monoisotopic (exact) mass is 421 g/mol. The number of rotatable bonds is 4. The zero-order chi connectivity index (χ0) is 21.5. The number of amides is 1. The summed E-state index contributed by atoms with van der Waals surface area (Å²) in [5.74, 6) is -1.71. The molecule has 0 bridgehead atoms. The summed E-state index contributed by atoms with van der Waals surface area (Å²) in [6.45, 7) is 0.930. The average molecular weight is 421 g/mol. The number of phenolic OH excluding ortho intramolecular Hbond substituents is 1. The number of aliphatic hydroxyl groups excluding tert-OH is 1. The molecular formula is C24H24FN3O3. The Hall–Kier alpha value is -3.19. The van der Waals surface area contributed by atoms with Crippen LogP contribution in [0.4, 0.5) is 4.39 Å². The first-order chi connectivity index (χ1) is 15.0. The van der Waals surface area contributed by atoms with Gasteiger partial charge in [-0.15, -0.1) is 0 Å². The first-order valence-corrected chi connectivity index (χ1v) is 10.6. The quantitative estimate of drug-likeness (QED) is 0.677. The zero-order valence-corrected chi connectivity index (χ0v) is 17.0. The highest BCUT2D eigenvalue weighted by Gasteiger charge is 2.30. The van der Waals surface area contributed by atoms with Crippen LogP contribution in [0, 0.1) is 11.7 Å². The average Bonchev–Trinajstić information content (AvgIpc) is 3.38. The van der Waals surface area contributed by atoms with Crippen molar-refractivity contribution in [3.8, 4) is 5.75 Å². The fraction of sp³-hybridized carbons (Fsp3) is 0.333. The summed E-state index contributed by atoms with van der Waals surface area (Å²) in [5.41, 5.74) is 3.39. The van der Waals surface area contributed by atoms with Gasteiger partial charge in [-0.1, -0.05) is 24.3 Å². The van der Waals surface area contributed by atoms with Crippen LogP contribution in [-0.2, 0) is 12.8 Å². The van der Waals surface area contributed by atoms with E-state index in [0.717, 1.165) is 23.7 Å². The van der Waals surface area contributed by atoms with Crippen molar-refractivity contribution in [1.82, 2.24) is 14.3 Å². The van der Waals surface area contributed by atoms with E-state index in [-0.39, 0.29) is 17.4 Å². The van der Waals surface area contributed by atoms with Gasteiger partial charge in [0.25, 0.3) is 5.91 Å². The highest BCUT2D eigenvalue weighted by molar-refractivity contribution is 5.96. The van der Waals surface area contributed by atoms with Gasteiger partial charge in [-0.25, -0.2) is 9.37 Å². The maximum absolute atomic E-state index is 13.6. The number of aliphatic hydroxyl groups is 1. The molecule has 1 fully saturated rings. The van der Waals surface area contributed by atoms with Gasteiger partial charge < -0.3 is 19.5 Å². The Morgan fingerprint density at radius 3 is 2.90 bits per heavy atom. The van der Waals surface area contributed by atoms with E-state index in [2.05, 4.69) is 27.6 Å². The van der Waals surface area contributed by atoms with Gasteiger partial charge in [0.2, 0.25) is 0 Å². The number of para-hydroxylation sites is 1. The predicted molar refractivity (Wildman–Crippen MR) is 114 cm³/mol. The lowest BCUT2D eigenvalue weighted by Gasteiger charge is -2.34. The molecule has 1 atom stereocenters. The highest BCUT2D eigenvalue weighted by Crippen LogP contribution is 2.28. The number of carbonyl (C=O) groups is 1. The number of piperidine rings is 1. The van der Waals surface area contributed by atoms with Gasteiger partial charge in [0, 0.05) is 30.4 Å². The molecule has 160 valence electrons. The molecule has 0 spiro atoms. The van der Waals surface area contributed by atoms with Crippen molar-refractivity contribution in [2.45, 2.75) is 31.8 Å². The molecular weight excluding hydrogens is 397 g/mol. The van der Waals surface area contributed by atoms with E-state index >= 15 is 0 Å². The SMILES string of the molecule is O=C(c1cccc(F)c1O)N1CCC(C(O)Cc2c3c(c4cncn24)=CC=CC3)CC1. The lowest BCUT2D eigenvalue weighted by Crippen LogP contribution is -2.41. The smallest absolute Gasteiger partial charge is 0.257 e. The predicted octanol–water partition coefficient (Wildman–Crippen LogP) is 2.25. The molecule has 0 saturated carbocycles. The third kappa shape index (κ3) is 3.39. The number of phenols is 1. The second-order valence-corrected chi connectivity index (χ2v) is 8.32. The lowest BCUT2D eigenvalue weighted by atomic mass is 9.87. The molecule has 1 aliphatic carbocycles. The van der Waals surface area contributed by atoms with E-state index in [4.69, 9.17) is 0 Å². The molecule has 3 heterocycles. The number of benzene rings is 1. The largest absolute Gasteiger partial charge is 0.504 e. The Balaban J connectivity index is 1.28. The maximum Gasteiger partial charge on any atom is 0.257 e. The third-order valence-electron chi connectivity index (χ3n) is 6.59. The van der Waals surface area contributed by atoms with E-state index in [1.165, 1.54) is 22.9 Å². The summed E-state index contributed by atoms with van der Waals surface area (Å²) in [6.07, 6.45) is 12.1. The van der Waals surface area contributed by atoms with Gasteiger partial charge in [0.05, 0.1) is 29.7 Å². The van der Waals surface area contributed by atoms with Gasteiger partial charge in [-0.2, -0.15) is 0 Å². The summed E-state index contributed by atoms with van der Waals surface area (Å²) in [4.78, 5) is 18.6. The van der Waals surface area contributed by atoms with Gasteiger partial charge in [0.15, 0.2) is 11.6 Å². The number of hydrogen-bond donors (Lipinski definition) is 2. The Bertz CT molecular complexity index is 1220. The molecule has 6 nitrogen and oxygen atoms in total. The molecule has 31 heavy (non-hydrogen) atoms. The van der Waals surface area contributed by atoms with Crippen LogP contribution in [0.25, 0.3) is 11.6 Å². The molecule has 1 aliphatic heterocycles. The number of aromatic nitrogens is 2. The molecule has 1 amide bonds. The zero-order valence-electron chi connectivity index (χ0n) is 17.0. The normalized spacial score (nSPS) is 17.5. The second kappa shape index (κ2) is 7.81. The summed E-state index contributed by atoms with van der Waals surface area (Å²) in [6, 6.07) is 3.98. The third-order valence-corrected chi connectivity index (χ3v) is 6.59. The number of halogens is 1. The van der Waals surface area contributed by atoms with Crippen LogP contribution in [0.2, 0.25) is 0 Å². The minimum Gasteiger partial charge on any atom is -0.504 e. The van der Waals surface area contributed by atoms with Gasteiger partial charge in [-0.05, 0) is 42.9 Å². The Kier molecular flexibility index (Phi) is 4.98. The van der Waals surface area contributed by atoms with E-state index < -0.39 is 17.7 Å². The lowest BCUT2D eigenvalue weighted by molar-refractivity contribution is 0.0461. The molecule has 1 unspecified atom stereocenters. The van der Waals surface area contributed by atoms with Crippen molar-refractivity contribution in [3.63, 3.8) is 0 Å². The second-order valence-electron chi connectivity index (χ2n) is 8.32. The minimum atomic E-state index is -0.799. The van der Waals surface area contributed by atoms with E-state index in [1.54, 1.807) is 11.2 Å². The first kappa shape index (κ1) is 19.8. The molecule has 1 aromatic carbocycles. The van der Waals surface area contributed by atoms with Crippen molar-refractivity contribution < 1.29 is 19.4 Å². The van der Waals surface area contributed by atoms with Crippen LogP contribution in [0.15, 0.2) is 42.9 Å². The number of imidazole rings is 1. The molecule has 2 N–H and O–H groups in total. The number of fused-ring (bicyclic) bond motifs is 3. The van der Waals surface area contributed by atoms with Gasteiger partial charge >= 0.3 is 0 Å². The topological polar surface area (TPSA) is 78.1 Å². The molecule has 5 rings (SSSR count). The Labute approximate surface area is 178 Å². The maximum atomic E-state index is 13.6. The standard InChI is InChI=1S/C24H24FN3O3/c25-19-7-3-6-18(23(19)30)24(31)27-10-8-15(9-11-27)22(29)12-20-16-4-1-2-5-17(16)21-13-26-14-28(20)21/h1-3,5-7,13-15,22,29-30H,4,8-12H2. The number of carbonyl (C=O) groups excluding carboxylic acids is 1. The van der Waals surface area contributed by atoms with Gasteiger partial charge in [0.1, 0.15) is 0 Å². The number of hydrogen-bond acceptors (Lipinski definition) is 4. The molecule has 1 saturated heterocycles. The molecule has 2 aromatic heterocycles. The van der Waals surface area contributed by atoms with Crippen LogP contribution >= 0.6 is 0 Å². The summed E-state index contributed by atoms with van der Waals surface area (Å²) in [5, 5.41) is 22.1. The van der Waals surface area contributed by atoms with E-state index in [1.807, 2.05) is 6.20 Å². The number of allylic oxidation sites excluding steroid dienone is 2. The fourth-order valence-corrected chi connectivity index (χ4v) is 4.86. The molecule has 7 heteroatoms. The fourth-order valence-electron chi connectivity index (χ4n) is 4.86.